The van der Waals surface area contributed by atoms with Crippen molar-refractivity contribution >= 4 is 12.0 Å². The molecule has 0 fully saturated rings. The summed E-state index contributed by atoms with van der Waals surface area (Å²) in [6.07, 6.45) is 4.38. The van der Waals surface area contributed by atoms with Crippen LogP contribution in [0.3, 0.4) is 0 Å². The summed E-state index contributed by atoms with van der Waals surface area (Å²) in [5.41, 5.74) is 0.685. The van der Waals surface area contributed by atoms with Gasteiger partial charge < -0.3 is 9.47 Å². The van der Waals surface area contributed by atoms with Gasteiger partial charge in [-0.2, -0.15) is 0 Å². The van der Waals surface area contributed by atoms with Crippen molar-refractivity contribution in [1.29, 1.82) is 0 Å². The topological polar surface area (TPSA) is 51.1 Å². The van der Waals surface area contributed by atoms with Gasteiger partial charge in [-0.3, -0.25) is 4.90 Å². The first kappa shape index (κ1) is 12.3. The van der Waals surface area contributed by atoms with Gasteiger partial charge in [-0.15, -0.1) is 0 Å². The number of aliphatic imine (C=N–C) groups is 1. The van der Waals surface area contributed by atoms with Crippen LogP contribution in [0.1, 0.15) is 20.8 Å². The Morgan fingerprint density at radius 2 is 2.19 bits per heavy atom. The fourth-order valence-corrected chi connectivity index (χ4v) is 1.15. The van der Waals surface area contributed by atoms with E-state index in [9.17, 15) is 4.79 Å². The highest BCUT2D eigenvalue weighted by Crippen LogP contribution is 2.10. The molecule has 0 atom stereocenters. The Bertz CT molecular complexity index is 345. The fraction of sp³-hybridized carbons (Fsp3) is 0.455. The maximum absolute atomic E-state index is 11.5. The summed E-state index contributed by atoms with van der Waals surface area (Å²) in [6.45, 7) is 6.30. The van der Waals surface area contributed by atoms with Crippen LogP contribution in [0, 0.1) is 0 Å². The van der Waals surface area contributed by atoms with Gasteiger partial charge in [0.25, 0.3) is 0 Å². The van der Waals surface area contributed by atoms with E-state index in [4.69, 9.17) is 9.47 Å². The Morgan fingerprint density at radius 1 is 1.44 bits per heavy atom. The van der Waals surface area contributed by atoms with E-state index in [1.807, 2.05) is 6.92 Å². The Morgan fingerprint density at radius 3 is 2.81 bits per heavy atom. The van der Waals surface area contributed by atoms with Crippen molar-refractivity contribution in [2.24, 2.45) is 4.99 Å². The van der Waals surface area contributed by atoms with Gasteiger partial charge in [-0.05, 0) is 20.8 Å². The van der Waals surface area contributed by atoms with E-state index in [0.717, 1.165) is 0 Å². The molecule has 0 radical (unpaired) electrons. The molecule has 0 saturated carbocycles. The molecule has 0 unspecified atom stereocenters. The second-order valence-electron chi connectivity index (χ2n) is 3.06. The van der Waals surface area contributed by atoms with Crippen molar-refractivity contribution in [2.75, 3.05) is 13.2 Å². The van der Waals surface area contributed by atoms with Gasteiger partial charge in [0.1, 0.15) is 0 Å². The molecule has 0 N–H and O–H groups in total. The van der Waals surface area contributed by atoms with Crippen LogP contribution in [0.5, 0.6) is 0 Å². The standard InChI is InChI=1S/C11H16N2O3/c1-4-15-10-6-7-13(9(3)8-12-10)11(14)16-5-2/h6-8H,4-5H2,1-3H3. The number of rotatable bonds is 2. The molecule has 5 nitrogen and oxygen atoms in total. The maximum atomic E-state index is 11.5. The van der Waals surface area contributed by atoms with Gasteiger partial charge in [0.15, 0.2) is 0 Å². The minimum Gasteiger partial charge on any atom is -0.478 e. The molecule has 1 aliphatic heterocycles. The van der Waals surface area contributed by atoms with Gasteiger partial charge in [0.05, 0.1) is 19.4 Å². The molecule has 0 aromatic heterocycles. The highest BCUT2D eigenvalue weighted by Gasteiger charge is 2.15. The number of carbonyl (C=O) groups is 1. The Hall–Kier alpha value is -1.78. The third kappa shape index (κ3) is 3.12. The Balaban J connectivity index is 2.78. The normalized spacial score (nSPS) is 15.1. The first-order valence-electron chi connectivity index (χ1n) is 5.20. The van der Waals surface area contributed by atoms with Crippen LogP contribution in [-0.4, -0.2) is 30.1 Å². The second kappa shape index (κ2) is 5.95. The molecule has 0 aromatic carbocycles. The SMILES string of the molecule is CCOC(=O)N1C=CC(OCC)=NC=C1C. The zero-order chi connectivity index (χ0) is 12.0. The molecule has 0 spiro atoms. The van der Waals surface area contributed by atoms with Crippen molar-refractivity contribution in [3.8, 4) is 0 Å². The third-order valence-corrected chi connectivity index (χ3v) is 1.88. The highest BCUT2D eigenvalue weighted by atomic mass is 16.6. The van der Waals surface area contributed by atoms with E-state index in [1.165, 1.54) is 4.90 Å². The average Bonchev–Trinajstić information content (AvgIpc) is 2.42. The minimum atomic E-state index is -0.416. The first-order chi connectivity index (χ1) is 7.69. The van der Waals surface area contributed by atoms with Gasteiger partial charge in [0, 0.05) is 18.0 Å². The summed E-state index contributed by atoms with van der Waals surface area (Å²) in [4.78, 5) is 17.0. The van der Waals surface area contributed by atoms with Crippen LogP contribution in [0.2, 0.25) is 0 Å². The Labute approximate surface area is 95.0 Å². The molecule has 1 aliphatic rings. The number of hydrogen-bond donors (Lipinski definition) is 0. The lowest BCUT2D eigenvalue weighted by atomic mass is 10.4. The second-order valence-corrected chi connectivity index (χ2v) is 3.06. The van der Waals surface area contributed by atoms with Crippen molar-refractivity contribution < 1.29 is 14.3 Å². The zero-order valence-electron chi connectivity index (χ0n) is 9.77. The minimum absolute atomic E-state index is 0.343. The van der Waals surface area contributed by atoms with E-state index >= 15 is 0 Å². The largest absolute Gasteiger partial charge is 0.478 e. The number of ether oxygens (including phenoxy) is 2. The zero-order valence-corrected chi connectivity index (χ0v) is 9.77. The molecule has 0 saturated heterocycles. The number of nitrogens with zero attached hydrogens (tertiary/aromatic N) is 2. The number of carbonyl (C=O) groups excluding carboxylic acids is 1. The molecule has 0 aliphatic carbocycles. The molecule has 1 amide bonds. The molecular weight excluding hydrogens is 208 g/mol. The van der Waals surface area contributed by atoms with Crippen molar-refractivity contribution in [1.82, 2.24) is 4.90 Å². The van der Waals surface area contributed by atoms with E-state index < -0.39 is 6.09 Å². The quantitative estimate of drug-likeness (QED) is 0.723. The Kier molecular flexibility index (Phi) is 4.57. The molecule has 1 heterocycles. The fourth-order valence-electron chi connectivity index (χ4n) is 1.15. The van der Waals surface area contributed by atoms with Crippen LogP contribution in [0.4, 0.5) is 4.79 Å². The van der Waals surface area contributed by atoms with E-state index in [0.29, 0.717) is 24.8 Å². The van der Waals surface area contributed by atoms with Gasteiger partial charge >= 0.3 is 6.09 Å². The van der Waals surface area contributed by atoms with Crippen molar-refractivity contribution in [3.05, 3.63) is 24.2 Å². The van der Waals surface area contributed by atoms with Gasteiger partial charge in [-0.25, -0.2) is 9.79 Å². The summed E-state index contributed by atoms with van der Waals surface area (Å²) in [5, 5.41) is 0. The summed E-state index contributed by atoms with van der Waals surface area (Å²) in [5.74, 6) is 0.480. The van der Waals surface area contributed by atoms with Crippen LogP contribution >= 0.6 is 0 Å². The van der Waals surface area contributed by atoms with Crippen LogP contribution in [-0.2, 0) is 9.47 Å². The lowest BCUT2D eigenvalue weighted by molar-refractivity contribution is 0.130. The molecule has 16 heavy (non-hydrogen) atoms. The number of allylic oxidation sites excluding steroid dienone is 1. The molecule has 5 heteroatoms. The van der Waals surface area contributed by atoms with E-state index in [-0.39, 0.29) is 0 Å². The van der Waals surface area contributed by atoms with E-state index in [2.05, 4.69) is 4.99 Å². The van der Waals surface area contributed by atoms with Crippen LogP contribution < -0.4 is 0 Å². The maximum Gasteiger partial charge on any atom is 0.418 e. The molecular formula is C11H16N2O3. The highest BCUT2D eigenvalue weighted by molar-refractivity contribution is 5.89. The first-order valence-corrected chi connectivity index (χ1v) is 5.20. The van der Waals surface area contributed by atoms with Gasteiger partial charge in [0.2, 0.25) is 5.90 Å². The van der Waals surface area contributed by atoms with Crippen LogP contribution in [0.25, 0.3) is 0 Å². The monoisotopic (exact) mass is 224 g/mol. The summed E-state index contributed by atoms with van der Waals surface area (Å²) in [6, 6.07) is 0. The van der Waals surface area contributed by atoms with Gasteiger partial charge in [-0.1, -0.05) is 0 Å². The molecule has 1 rings (SSSR count). The number of amides is 1. The molecule has 0 aromatic rings. The molecule has 88 valence electrons. The third-order valence-electron chi connectivity index (χ3n) is 1.88. The van der Waals surface area contributed by atoms with Crippen LogP contribution in [0.15, 0.2) is 29.2 Å². The summed E-state index contributed by atoms with van der Waals surface area (Å²) in [7, 11) is 0. The molecule has 0 bridgehead atoms. The summed E-state index contributed by atoms with van der Waals surface area (Å²) < 4.78 is 10.1. The van der Waals surface area contributed by atoms with Crippen molar-refractivity contribution in [3.63, 3.8) is 0 Å². The van der Waals surface area contributed by atoms with Crippen molar-refractivity contribution in [2.45, 2.75) is 20.8 Å². The lowest BCUT2D eigenvalue weighted by Crippen LogP contribution is -2.24. The predicted octanol–water partition coefficient (Wildman–Crippen LogP) is 2.27. The lowest BCUT2D eigenvalue weighted by Gasteiger charge is -2.16. The predicted molar refractivity (Wildman–Crippen MR) is 60.8 cm³/mol. The summed E-state index contributed by atoms with van der Waals surface area (Å²) >= 11 is 0. The average molecular weight is 224 g/mol. The van der Waals surface area contributed by atoms with E-state index in [1.54, 1.807) is 32.3 Å². The number of hydrogen-bond acceptors (Lipinski definition) is 4. The smallest absolute Gasteiger partial charge is 0.418 e.